The molecular formula is C10H22N2O2. The van der Waals surface area contributed by atoms with E-state index >= 15 is 0 Å². The predicted octanol–water partition coefficient (Wildman–Crippen LogP) is 0.670. The largest absolute Gasteiger partial charge is 0.380 e. The van der Waals surface area contributed by atoms with Gasteiger partial charge in [-0.1, -0.05) is 6.92 Å². The van der Waals surface area contributed by atoms with E-state index in [0.29, 0.717) is 12.5 Å². The Morgan fingerprint density at radius 2 is 2.21 bits per heavy atom. The maximum Gasteiger partial charge on any atom is 0.0788 e. The average Bonchev–Trinajstić information content (AvgIpc) is 3.01. The maximum absolute atomic E-state index is 5.49. The van der Waals surface area contributed by atoms with Crippen LogP contribution in [0.2, 0.25) is 0 Å². The van der Waals surface area contributed by atoms with Gasteiger partial charge in [0.05, 0.1) is 18.8 Å². The van der Waals surface area contributed by atoms with Crippen LogP contribution in [0, 0.1) is 5.92 Å². The van der Waals surface area contributed by atoms with Gasteiger partial charge in [-0.25, -0.2) is 0 Å². The van der Waals surface area contributed by atoms with Crippen LogP contribution >= 0.6 is 0 Å². The monoisotopic (exact) mass is 202 g/mol. The molecule has 1 aliphatic carbocycles. The van der Waals surface area contributed by atoms with Gasteiger partial charge in [-0.15, -0.1) is 0 Å². The molecular weight excluding hydrogens is 180 g/mol. The maximum atomic E-state index is 5.49. The summed E-state index contributed by atoms with van der Waals surface area (Å²) in [4.78, 5) is 0. The fourth-order valence-corrected chi connectivity index (χ4v) is 1.70. The fraction of sp³-hybridized carbons (Fsp3) is 1.00. The Kier molecular flexibility index (Phi) is 5.40. The number of rotatable bonds is 8. The topological polar surface area (TPSA) is 56.5 Å². The number of nitrogens with two attached hydrogens (primary N) is 1. The molecule has 0 aromatic carbocycles. The van der Waals surface area contributed by atoms with Gasteiger partial charge in [-0.05, 0) is 25.2 Å². The van der Waals surface area contributed by atoms with Crippen LogP contribution in [0.5, 0.6) is 0 Å². The predicted molar refractivity (Wildman–Crippen MR) is 55.7 cm³/mol. The van der Waals surface area contributed by atoms with Crippen molar-refractivity contribution in [2.24, 2.45) is 11.8 Å². The van der Waals surface area contributed by atoms with E-state index < -0.39 is 0 Å². The van der Waals surface area contributed by atoms with E-state index in [4.69, 9.17) is 15.3 Å². The van der Waals surface area contributed by atoms with Gasteiger partial charge >= 0.3 is 0 Å². The molecule has 0 aromatic rings. The fourth-order valence-electron chi connectivity index (χ4n) is 1.70. The summed E-state index contributed by atoms with van der Waals surface area (Å²) in [5.41, 5.74) is 2.78. The smallest absolute Gasteiger partial charge is 0.0788 e. The van der Waals surface area contributed by atoms with E-state index in [9.17, 15) is 0 Å². The minimum atomic E-state index is 0.124. The van der Waals surface area contributed by atoms with Crippen molar-refractivity contribution in [1.82, 2.24) is 5.43 Å². The zero-order valence-electron chi connectivity index (χ0n) is 9.16. The van der Waals surface area contributed by atoms with E-state index in [1.165, 1.54) is 12.8 Å². The normalized spacial score (nSPS) is 20.8. The Morgan fingerprint density at radius 3 is 2.64 bits per heavy atom. The molecule has 0 aliphatic heterocycles. The number of hydrazine groups is 1. The van der Waals surface area contributed by atoms with Crippen LogP contribution in [0.4, 0.5) is 0 Å². The number of ether oxygens (including phenoxy) is 2. The summed E-state index contributed by atoms with van der Waals surface area (Å²) in [6.45, 7) is 3.53. The Balaban J connectivity index is 2.26. The van der Waals surface area contributed by atoms with E-state index in [0.717, 1.165) is 13.0 Å². The first-order valence-electron chi connectivity index (χ1n) is 5.40. The first-order chi connectivity index (χ1) is 6.83. The molecule has 2 unspecified atom stereocenters. The molecule has 1 rings (SSSR count). The van der Waals surface area contributed by atoms with Crippen molar-refractivity contribution in [3.05, 3.63) is 0 Å². The van der Waals surface area contributed by atoms with Crippen molar-refractivity contribution < 1.29 is 9.47 Å². The van der Waals surface area contributed by atoms with Gasteiger partial charge < -0.3 is 9.47 Å². The summed E-state index contributed by atoms with van der Waals surface area (Å²) in [6, 6.07) is 0.124. The van der Waals surface area contributed by atoms with Crippen LogP contribution in [0.3, 0.4) is 0 Å². The second-order valence-electron chi connectivity index (χ2n) is 3.89. The first kappa shape index (κ1) is 11.9. The molecule has 1 fully saturated rings. The van der Waals surface area contributed by atoms with Crippen LogP contribution in [0.1, 0.15) is 26.2 Å². The highest BCUT2D eigenvalue weighted by Crippen LogP contribution is 2.35. The lowest BCUT2D eigenvalue weighted by atomic mass is 10.1. The second-order valence-corrected chi connectivity index (χ2v) is 3.89. The van der Waals surface area contributed by atoms with Gasteiger partial charge in [0.2, 0.25) is 0 Å². The quantitative estimate of drug-likeness (QED) is 0.345. The van der Waals surface area contributed by atoms with Gasteiger partial charge in [0.25, 0.3) is 0 Å². The van der Waals surface area contributed by atoms with Crippen LogP contribution in [0.25, 0.3) is 0 Å². The third-order valence-corrected chi connectivity index (χ3v) is 2.62. The summed E-state index contributed by atoms with van der Waals surface area (Å²) in [6.07, 6.45) is 3.75. The number of nitrogens with one attached hydrogen (secondary N) is 1. The average molecular weight is 202 g/mol. The Bertz CT molecular complexity index is 151. The summed E-state index contributed by atoms with van der Waals surface area (Å²) in [5, 5.41) is 0. The number of hydrogen-bond acceptors (Lipinski definition) is 4. The van der Waals surface area contributed by atoms with Crippen LogP contribution in [0.15, 0.2) is 0 Å². The lowest BCUT2D eigenvalue weighted by molar-refractivity contribution is 0.00968. The van der Waals surface area contributed by atoms with Crippen molar-refractivity contribution >= 4 is 0 Å². The SMILES string of the molecule is CCCOCC(NN)C(OC)C1CC1. The van der Waals surface area contributed by atoms with E-state index in [2.05, 4.69) is 12.3 Å². The Labute approximate surface area is 86.1 Å². The molecule has 2 atom stereocenters. The highest BCUT2D eigenvalue weighted by atomic mass is 16.5. The van der Waals surface area contributed by atoms with E-state index in [-0.39, 0.29) is 12.1 Å². The van der Waals surface area contributed by atoms with Gasteiger partial charge in [-0.2, -0.15) is 0 Å². The van der Waals surface area contributed by atoms with Gasteiger partial charge in [0, 0.05) is 13.7 Å². The molecule has 0 heterocycles. The summed E-state index contributed by atoms with van der Waals surface area (Å²) >= 11 is 0. The minimum absolute atomic E-state index is 0.124. The highest BCUT2D eigenvalue weighted by molar-refractivity contribution is 4.89. The third kappa shape index (κ3) is 3.53. The molecule has 3 N–H and O–H groups in total. The molecule has 0 radical (unpaired) electrons. The molecule has 1 saturated carbocycles. The molecule has 0 aromatic heterocycles. The molecule has 14 heavy (non-hydrogen) atoms. The lowest BCUT2D eigenvalue weighted by Gasteiger charge is -2.25. The molecule has 84 valence electrons. The minimum Gasteiger partial charge on any atom is -0.380 e. The molecule has 1 aliphatic rings. The van der Waals surface area contributed by atoms with E-state index in [1.807, 2.05) is 0 Å². The first-order valence-corrected chi connectivity index (χ1v) is 5.40. The molecule has 0 spiro atoms. The van der Waals surface area contributed by atoms with Crippen molar-refractivity contribution in [3.8, 4) is 0 Å². The molecule has 0 saturated heterocycles. The second kappa shape index (κ2) is 6.35. The van der Waals surface area contributed by atoms with Crippen molar-refractivity contribution in [1.29, 1.82) is 0 Å². The standard InChI is InChI=1S/C10H22N2O2/c1-3-6-14-7-9(12-11)10(13-2)8-4-5-8/h8-10,12H,3-7,11H2,1-2H3. The van der Waals surface area contributed by atoms with Crippen molar-refractivity contribution in [3.63, 3.8) is 0 Å². The van der Waals surface area contributed by atoms with Gasteiger partial charge in [-0.3, -0.25) is 11.3 Å². The van der Waals surface area contributed by atoms with Gasteiger partial charge in [0.15, 0.2) is 0 Å². The van der Waals surface area contributed by atoms with Crippen LogP contribution in [-0.4, -0.2) is 32.5 Å². The van der Waals surface area contributed by atoms with Crippen molar-refractivity contribution in [2.45, 2.75) is 38.3 Å². The highest BCUT2D eigenvalue weighted by Gasteiger charge is 2.36. The molecule has 0 bridgehead atoms. The number of hydrogen-bond donors (Lipinski definition) is 2. The van der Waals surface area contributed by atoms with E-state index in [1.54, 1.807) is 7.11 Å². The lowest BCUT2D eigenvalue weighted by Crippen LogP contribution is -2.48. The molecule has 4 heteroatoms. The zero-order valence-corrected chi connectivity index (χ0v) is 9.16. The Morgan fingerprint density at radius 1 is 1.50 bits per heavy atom. The summed E-state index contributed by atoms with van der Waals surface area (Å²) in [7, 11) is 1.74. The van der Waals surface area contributed by atoms with Crippen LogP contribution < -0.4 is 11.3 Å². The Hall–Kier alpha value is -0.160. The third-order valence-electron chi connectivity index (χ3n) is 2.62. The van der Waals surface area contributed by atoms with Crippen LogP contribution in [-0.2, 0) is 9.47 Å². The summed E-state index contributed by atoms with van der Waals surface area (Å²) < 4.78 is 10.9. The summed E-state index contributed by atoms with van der Waals surface area (Å²) in [5.74, 6) is 6.16. The van der Waals surface area contributed by atoms with Crippen molar-refractivity contribution in [2.75, 3.05) is 20.3 Å². The molecule has 0 amide bonds. The number of methoxy groups -OCH3 is 1. The van der Waals surface area contributed by atoms with Gasteiger partial charge in [0.1, 0.15) is 0 Å². The molecule has 4 nitrogen and oxygen atoms in total. The zero-order chi connectivity index (χ0) is 10.4.